The average molecular weight is 242 g/mol. The maximum atomic E-state index is 11.6. The summed E-state index contributed by atoms with van der Waals surface area (Å²) in [6.07, 6.45) is 0.919. The van der Waals surface area contributed by atoms with Crippen molar-refractivity contribution in [3.8, 4) is 0 Å². The van der Waals surface area contributed by atoms with Crippen molar-refractivity contribution in [2.45, 2.75) is 12.5 Å². The standard InChI is InChI=1S/C11H18N2O4/c1-16-11(15)10(14)13-3-2-9(8-13)12-4-6-17-7-5-12/h9H,2-8H2,1H3. The van der Waals surface area contributed by atoms with E-state index in [0.29, 0.717) is 19.1 Å². The molecule has 2 aliphatic heterocycles. The first-order chi connectivity index (χ1) is 8.22. The number of likely N-dealkylation sites (tertiary alicyclic amines) is 1. The van der Waals surface area contributed by atoms with Gasteiger partial charge in [0.1, 0.15) is 0 Å². The Bertz CT molecular complexity index is 302. The van der Waals surface area contributed by atoms with Gasteiger partial charge in [-0.2, -0.15) is 0 Å². The van der Waals surface area contributed by atoms with Gasteiger partial charge >= 0.3 is 11.9 Å². The predicted octanol–water partition coefficient (Wildman–Crippen LogP) is -0.907. The van der Waals surface area contributed by atoms with Crippen LogP contribution in [-0.4, -0.2) is 74.2 Å². The third kappa shape index (κ3) is 2.76. The Labute approximate surface area is 100 Å². The van der Waals surface area contributed by atoms with Gasteiger partial charge in [0, 0.05) is 32.2 Å². The lowest BCUT2D eigenvalue weighted by Crippen LogP contribution is -2.45. The smallest absolute Gasteiger partial charge is 0.396 e. The maximum absolute atomic E-state index is 11.6. The fraction of sp³-hybridized carbons (Fsp3) is 0.818. The number of carbonyl (C=O) groups is 2. The molecular weight excluding hydrogens is 224 g/mol. The molecule has 2 heterocycles. The lowest BCUT2D eigenvalue weighted by Gasteiger charge is -2.31. The minimum atomic E-state index is -0.771. The van der Waals surface area contributed by atoms with Gasteiger partial charge in [-0.3, -0.25) is 9.69 Å². The van der Waals surface area contributed by atoms with Crippen molar-refractivity contribution in [2.75, 3.05) is 46.5 Å². The van der Waals surface area contributed by atoms with Crippen molar-refractivity contribution in [3.63, 3.8) is 0 Å². The van der Waals surface area contributed by atoms with Crippen molar-refractivity contribution in [1.82, 2.24) is 9.80 Å². The van der Waals surface area contributed by atoms with Crippen molar-refractivity contribution in [1.29, 1.82) is 0 Å². The Morgan fingerprint density at radius 1 is 1.24 bits per heavy atom. The van der Waals surface area contributed by atoms with Crippen molar-refractivity contribution >= 4 is 11.9 Å². The summed E-state index contributed by atoms with van der Waals surface area (Å²) in [5, 5.41) is 0. The number of hydrogen-bond acceptors (Lipinski definition) is 5. The number of amides is 1. The summed E-state index contributed by atoms with van der Waals surface area (Å²) in [5.41, 5.74) is 0. The summed E-state index contributed by atoms with van der Waals surface area (Å²) in [5.74, 6) is -1.30. The minimum Gasteiger partial charge on any atom is -0.462 e. The molecule has 2 aliphatic rings. The number of hydrogen-bond donors (Lipinski definition) is 0. The van der Waals surface area contributed by atoms with Gasteiger partial charge in [0.15, 0.2) is 0 Å². The maximum Gasteiger partial charge on any atom is 0.396 e. The molecule has 1 amide bonds. The molecule has 96 valence electrons. The summed E-state index contributed by atoms with van der Waals surface area (Å²) in [6, 6.07) is 0.354. The Hall–Kier alpha value is -1.14. The molecule has 0 saturated carbocycles. The van der Waals surface area contributed by atoms with E-state index < -0.39 is 11.9 Å². The molecule has 2 rings (SSSR count). The molecule has 0 N–H and O–H groups in total. The van der Waals surface area contributed by atoms with E-state index in [1.807, 2.05) is 0 Å². The van der Waals surface area contributed by atoms with Crippen LogP contribution in [0.5, 0.6) is 0 Å². The van der Waals surface area contributed by atoms with Crippen LogP contribution in [0.2, 0.25) is 0 Å². The Morgan fingerprint density at radius 2 is 1.94 bits per heavy atom. The summed E-state index contributed by atoms with van der Waals surface area (Å²) in [7, 11) is 1.23. The van der Waals surface area contributed by atoms with Crippen molar-refractivity contribution in [2.24, 2.45) is 0 Å². The van der Waals surface area contributed by atoms with E-state index in [-0.39, 0.29) is 0 Å². The number of ether oxygens (including phenoxy) is 2. The van der Waals surface area contributed by atoms with E-state index in [9.17, 15) is 9.59 Å². The van der Waals surface area contributed by atoms with Crippen LogP contribution in [0.4, 0.5) is 0 Å². The fourth-order valence-corrected chi connectivity index (χ4v) is 2.38. The van der Waals surface area contributed by atoms with Crippen LogP contribution in [0.3, 0.4) is 0 Å². The van der Waals surface area contributed by atoms with E-state index >= 15 is 0 Å². The molecule has 0 aliphatic carbocycles. The van der Waals surface area contributed by atoms with Crippen molar-refractivity contribution < 1.29 is 19.1 Å². The monoisotopic (exact) mass is 242 g/mol. The second kappa shape index (κ2) is 5.46. The second-order valence-corrected chi connectivity index (χ2v) is 4.33. The average Bonchev–Trinajstić information content (AvgIpc) is 2.87. The third-order valence-electron chi connectivity index (χ3n) is 3.37. The molecule has 0 aromatic carbocycles. The lowest BCUT2D eigenvalue weighted by molar-refractivity contribution is -0.157. The van der Waals surface area contributed by atoms with Gasteiger partial charge in [-0.05, 0) is 6.42 Å². The van der Waals surface area contributed by atoms with Gasteiger partial charge in [0.25, 0.3) is 0 Å². The van der Waals surface area contributed by atoms with Crippen LogP contribution in [0.1, 0.15) is 6.42 Å². The van der Waals surface area contributed by atoms with E-state index in [1.165, 1.54) is 7.11 Å². The van der Waals surface area contributed by atoms with Crippen molar-refractivity contribution in [3.05, 3.63) is 0 Å². The first-order valence-electron chi connectivity index (χ1n) is 5.91. The van der Waals surface area contributed by atoms with Gasteiger partial charge in [0.2, 0.25) is 0 Å². The van der Waals surface area contributed by atoms with Gasteiger partial charge in [-0.1, -0.05) is 0 Å². The van der Waals surface area contributed by atoms with E-state index in [1.54, 1.807) is 4.90 Å². The van der Waals surface area contributed by atoms with Crippen LogP contribution < -0.4 is 0 Å². The molecule has 0 spiro atoms. The first kappa shape index (κ1) is 12.3. The number of rotatable bonds is 1. The zero-order valence-electron chi connectivity index (χ0n) is 10.1. The Morgan fingerprint density at radius 3 is 2.59 bits per heavy atom. The molecule has 1 atom stereocenters. The van der Waals surface area contributed by atoms with Gasteiger partial charge < -0.3 is 14.4 Å². The largest absolute Gasteiger partial charge is 0.462 e. The highest BCUT2D eigenvalue weighted by Gasteiger charge is 2.33. The normalized spacial score (nSPS) is 25.9. The predicted molar refractivity (Wildman–Crippen MR) is 59.4 cm³/mol. The topological polar surface area (TPSA) is 59.1 Å². The summed E-state index contributed by atoms with van der Waals surface area (Å²) in [4.78, 5) is 26.7. The van der Waals surface area contributed by atoms with Crippen LogP contribution in [0.25, 0.3) is 0 Å². The minimum absolute atomic E-state index is 0.354. The number of nitrogens with zero attached hydrogens (tertiary/aromatic N) is 2. The molecule has 0 radical (unpaired) electrons. The fourth-order valence-electron chi connectivity index (χ4n) is 2.38. The zero-order chi connectivity index (χ0) is 12.3. The highest BCUT2D eigenvalue weighted by molar-refractivity contribution is 6.32. The molecule has 17 heavy (non-hydrogen) atoms. The molecule has 0 aromatic rings. The Balaban J connectivity index is 1.86. The lowest BCUT2D eigenvalue weighted by atomic mass is 10.2. The highest BCUT2D eigenvalue weighted by Crippen LogP contribution is 2.17. The number of methoxy groups -OCH3 is 1. The van der Waals surface area contributed by atoms with E-state index in [0.717, 1.165) is 32.7 Å². The quantitative estimate of drug-likeness (QED) is 0.440. The molecule has 0 aromatic heterocycles. The van der Waals surface area contributed by atoms with Gasteiger partial charge in [0.05, 0.1) is 20.3 Å². The van der Waals surface area contributed by atoms with E-state index in [4.69, 9.17) is 4.74 Å². The van der Waals surface area contributed by atoms with Crippen LogP contribution >= 0.6 is 0 Å². The molecule has 2 fully saturated rings. The number of carbonyl (C=O) groups excluding carboxylic acids is 2. The molecule has 2 saturated heterocycles. The summed E-state index contributed by atoms with van der Waals surface area (Å²) >= 11 is 0. The van der Waals surface area contributed by atoms with Crippen LogP contribution in [0.15, 0.2) is 0 Å². The molecule has 6 nitrogen and oxygen atoms in total. The highest BCUT2D eigenvalue weighted by atomic mass is 16.5. The van der Waals surface area contributed by atoms with Crippen LogP contribution in [-0.2, 0) is 19.1 Å². The van der Waals surface area contributed by atoms with Gasteiger partial charge in [-0.25, -0.2) is 4.79 Å². The zero-order valence-corrected chi connectivity index (χ0v) is 10.1. The SMILES string of the molecule is COC(=O)C(=O)N1CCC(N2CCOCC2)C1. The molecule has 6 heteroatoms. The Kier molecular flexibility index (Phi) is 3.96. The summed E-state index contributed by atoms with van der Waals surface area (Å²) in [6.45, 7) is 4.57. The van der Waals surface area contributed by atoms with Gasteiger partial charge in [-0.15, -0.1) is 0 Å². The van der Waals surface area contributed by atoms with Crippen LogP contribution in [0, 0.1) is 0 Å². The van der Waals surface area contributed by atoms with E-state index in [2.05, 4.69) is 9.64 Å². The summed E-state index contributed by atoms with van der Waals surface area (Å²) < 4.78 is 9.73. The molecule has 1 unspecified atom stereocenters. The number of morpholine rings is 1. The molecule has 0 bridgehead atoms. The molecular formula is C11H18N2O4. The first-order valence-corrected chi connectivity index (χ1v) is 5.91. The third-order valence-corrected chi connectivity index (χ3v) is 3.37. The number of esters is 1. The second-order valence-electron chi connectivity index (χ2n) is 4.33.